The molecule has 0 aliphatic carbocycles. The molecule has 44 heavy (non-hydrogen) atoms. The summed E-state index contributed by atoms with van der Waals surface area (Å²) in [6, 6.07) is -2.02. The molecule has 0 fully saturated rings. The zero-order chi connectivity index (χ0) is 34.0. The molecule has 14 heteroatoms. The van der Waals surface area contributed by atoms with E-state index in [9.17, 15) is 24.0 Å². The first-order valence-electron chi connectivity index (χ1n) is 15.1. The monoisotopic (exact) mass is 632 g/mol. The predicted molar refractivity (Wildman–Crippen MR) is 164 cm³/mol. The van der Waals surface area contributed by atoms with E-state index in [4.69, 9.17) is 23.7 Å². The molecule has 0 bridgehead atoms. The highest BCUT2D eigenvalue weighted by Gasteiger charge is 2.29. The van der Waals surface area contributed by atoms with Crippen molar-refractivity contribution in [2.45, 2.75) is 130 Å². The van der Waals surface area contributed by atoms with Crippen molar-refractivity contribution in [2.75, 3.05) is 33.4 Å². The molecule has 2 unspecified atom stereocenters. The maximum Gasteiger partial charge on any atom is 0.408 e. The van der Waals surface area contributed by atoms with E-state index in [0.717, 1.165) is 0 Å². The normalized spacial score (nSPS) is 13.1. The van der Waals surface area contributed by atoms with Gasteiger partial charge in [-0.2, -0.15) is 0 Å². The fourth-order valence-electron chi connectivity index (χ4n) is 3.52. The fraction of sp³-hybridized carbons (Fsp3) is 0.833. The van der Waals surface area contributed by atoms with Crippen molar-refractivity contribution >= 4 is 30.2 Å². The van der Waals surface area contributed by atoms with E-state index in [1.165, 1.54) is 7.11 Å². The Hall–Kier alpha value is -3.29. The second kappa shape index (κ2) is 19.9. The quantitative estimate of drug-likeness (QED) is 0.104. The van der Waals surface area contributed by atoms with Gasteiger partial charge in [-0.25, -0.2) is 19.2 Å². The maximum absolute atomic E-state index is 13.4. The van der Waals surface area contributed by atoms with Crippen LogP contribution in [0.3, 0.4) is 0 Å². The lowest BCUT2D eigenvalue weighted by Gasteiger charge is -2.25. The highest BCUT2D eigenvalue weighted by atomic mass is 16.6. The van der Waals surface area contributed by atoms with Gasteiger partial charge in [0.25, 0.3) is 0 Å². The minimum absolute atomic E-state index is 0.00609. The Morgan fingerprint density at radius 2 is 1.00 bits per heavy atom. The van der Waals surface area contributed by atoms with E-state index >= 15 is 0 Å². The SMILES string of the molecule is COCCOC(=O)C(CCCCNC(=O)OC(C)(C)C)NC(=O)C(CCCCNC(=O)OC(C)(C)C)NC(=O)OC(C)(C)C. The average Bonchev–Trinajstić information content (AvgIpc) is 2.83. The van der Waals surface area contributed by atoms with Gasteiger partial charge in [-0.1, -0.05) is 0 Å². The Balaban J connectivity index is 5.30. The summed E-state index contributed by atoms with van der Waals surface area (Å²) < 4.78 is 26.0. The topological polar surface area (TPSA) is 180 Å². The molecule has 14 nitrogen and oxygen atoms in total. The number of rotatable bonds is 17. The number of unbranched alkanes of at least 4 members (excludes halogenated alkanes) is 2. The van der Waals surface area contributed by atoms with Crippen LogP contribution in [0.15, 0.2) is 0 Å². The smallest absolute Gasteiger partial charge is 0.408 e. The van der Waals surface area contributed by atoms with E-state index in [2.05, 4.69) is 21.3 Å². The van der Waals surface area contributed by atoms with Gasteiger partial charge in [0.05, 0.1) is 6.61 Å². The Bertz CT molecular complexity index is 907. The van der Waals surface area contributed by atoms with Crippen LogP contribution < -0.4 is 21.3 Å². The van der Waals surface area contributed by atoms with Gasteiger partial charge in [-0.05, 0) is 101 Å². The number of carbonyl (C=O) groups is 5. The van der Waals surface area contributed by atoms with Crippen LogP contribution in [0.1, 0.15) is 101 Å². The molecule has 4 N–H and O–H groups in total. The predicted octanol–water partition coefficient (Wildman–Crippen LogP) is 3.94. The lowest BCUT2D eigenvalue weighted by atomic mass is 10.1. The van der Waals surface area contributed by atoms with Crippen LogP contribution in [-0.4, -0.2) is 92.5 Å². The molecule has 0 saturated heterocycles. The molecule has 0 spiro atoms. The molecule has 0 aromatic carbocycles. The van der Waals surface area contributed by atoms with Crippen molar-refractivity contribution in [3.63, 3.8) is 0 Å². The third-order valence-electron chi connectivity index (χ3n) is 5.32. The number of carbonyl (C=O) groups excluding carboxylic acids is 5. The molecular weight excluding hydrogens is 576 g/mol. The van der Waals surface area contributed by atoms with Gasteiger partial charge >= 0.3 is 24.2 Å². The highest BCUT2D eigenvalue weighted by Crippen LogP contribution is 2.11. The largest absolute Gasteiger partial charge is 0.462 e. The first-order chi connectivity index (χ1) is 20.2. The van der Waals surface area contributed by atoms with E-state index < -0.39 is 59.0 Å². The number of esters is 1. The zero-order valence-corrected chi connectivity index (χ0v) is 28.3. The molecule has 0 aliphatic rings. The number of methoxy groups -OCH3 is 1. The molecule has 0 aliphatic heterocycles. The fourth-order valence-corrected chi connectivity index (χ4v) is 3.52. The molecule has 0 saturated carbocycles. The molecule has 4 amide bonds. The van der Waals surface area contributed by atoms with E-state index in [0.29, 0.717) is 38.8 Å². The second-order valence-electron chi connectivity index (χ2n) is 13.3. The lowest BCUT2D eigenvalue weighted by molar-refractivity contribution is -0.149. The third-order valence-corrected chi connectivity index (χ3v) is 5.32. The molecule has 0 rings (SSSR count). The molecule has 2 atom stereocenters. The van der Waals surface area contributed by atoms with E-state index in [1.807, 2.05) is 0 Å². The summed E-state index contributed by atoms with van der Waals surface area (Å²) in [4.78, 5) is 62.5. The zero-order valence-electron chi connectivity index (χ0n) is 28.3. The van der Waals surface area contributed by atoms with Gasteiger partial charge in [0.2, 0.25) is 5.91 Å². The van der Waals surface area contributed by atoms with Gasteiger partial charge in [0, 0.05) is 20.2 Å². The molecular formula is C30H56N4O10. The average molecular weight is 633 g/mol. The molecule has 0 heterocycles. The van der Waals surface area contributed by atoms with Crippen LogP contribution >= 0.6 is 0 Å². The van der Waals surface area contributed by atoms with Crippen LogP contribution in [0, 0.1) is 0 Å². The summed E-state index contributed by atoms with van der Waals surface area (Å²) >= 11 is 0. The van der Waals surface area contributed by atoms with Gasteiger partial charge < -0.3 is 45.0 Å². The Morgan fingerprint density at radius 3 is 1.43 bits per heavy atom. The Kier molecular flexibility index (Phi) is 18.4. The van der Waals surface area contributed by atoms with E-state index in [1.54, 1.807) is 62.3 Å². The highest BCUT2D eigenvalue weighted by molar-refractivity contribution is 5.89. The van der Waals surface area contributed by atoms with Gasteiger partial charge in [-0.15, -0.1) is 0 Å². The summed E-state index contributed by atoms with van der Waals surface area (Å²) in [7, 11) is 1.47. The minimum Gasteiger partial charge on any atom is -0.462 e. The van der Waals surface area contributed by atoms with Crippen LogP contribution in [0.4, 0.5) is 14.4 Å². The van der Waals surface area contributed by atoms with Crippen molar-refractivity contribution < 1.29 is 47.7 Å². The van der Waals surface area contributed by atoms with Crippen molar-refractivity contribution in [1.29, 1.82) is 0 Å². The van der Waals surface area contributed by atoms with Crippen LogP contribution in [0.2, 0.25) is 0 Å². The number of nitrogens with one attached hydrogen (secondary N) is 4. The lowest BCUT2D eigenvalue weighted by Crippen LogP contribution is -2.52. The Labute approximate surface area is 262 Å². The Morgan fingerprint density at radius 1 is 0.568 bits per heavy atom. The van der Waals surface area contributed by atoms with Crippen LogP contribution in [0.5, 0.6) is 0 Å². The van der Waals surface area contributed by atoms with Crippen molar-refractivity contribution in [2.24, 2.45) is 0 Å². The van der Waals surface area contributed by atoms with Crippen molar-refractivity contribution in [3.8, 4) is 0 Å². The number of ether oxygens (including phenoxy) is 5. The van der Waals surface area contributed by atoms with E-state index in [-0.39, 0.29) is 26.1 Å². The van der Waals surface area contributed by atoms with Crippen molar-refractivity contribution in [1.82, 2.24) is 21.3 Å². The number of hydrogen-bond donors (Lipinski definition) is 4. The number of hydrogen-bond acceptors (Lipinski definition) is 10. The standard InChI is InChI=1S/C30H56N4O10/c1-28(2,3)42-25(37)31-17-13-11-15-21(34-27(39)44-30(7,8)9)23(35)33-22(24(36)41-20-19-40-10)16-12-14-18-32-26(38)43-29(4,5)6/h21-22H,11-20H2,1-10H3,(H,31,37)(H,32,38)(H,33,35)(H,34,39). The summed E-state index contributed by atoms with van der Waals surface area (Å²) in [5, 5.41) is 10.6. The minimum atomic E-state index is -1.02. The molecule has 0 aromatic heterocycles. The van der Waals surface area contributed by atoms with Crippen molar-refractivity contribution in [3.05, 3.63) is 0 Å². The molecule has 0 radical (unpaired) electrons. The summed E-state index contributed by atoms with van der Waals surface area (Å²) in [5.74, 6) is -1.23. The molecule has 256 valence electrons. The molecule has 0 aromatic rings. The van der Waals surface area contributed by atoms with Crippen LogP contribution in [0.25, 0.3) is 0 Å². The summed E-state index contributed by atoms with van der Waals surface area (Å²) in [5.41, 5.74) is -2.03. The first kappa shape index (κ1) is 40.7. The van der Waals surface area contributed by atoms with Gasteiger partial charge in [0.15, 0.2) is 0 Å². The number of amides is 4. The first-order valence-corrected chi connectivity index (χ1v) is 15.1. The third kappa shape index (κ3) is 23.2. The number of alkyl carbamates (subject to hydrolysis) is 3. The maximum atomic E-state index is 13.4. The second-order valence-corrected chi connectivity index (χ2v) is 13.3. The van der Waals surface area contributed by atoms with Gasteiger partial charge in [0.1, 0.15) is 35.5 Å². The van der Waals surface area contributed by atoms with Gasteiger partial charge in [-0.3, -0.25) is 4.79 Å². The van der Waals surface area contributed by atoms with Crippen LogP contribution in [-0.2, 0) is 33.3 Å². The summed E-state index contributed by atoms with van der Waals surface area (Å²) in [6.45, 7) is 16.5. The summed E-state index contributed by atoms with van der Waals surface area (Å²) in [6.07, 6.45) is 0.529.